The molecule has 138 valence electrons. The lowest BCUT2D eigenvalue weighted by molar-refractivity contribution is 0.0143. The molecule has 11 heteroatoms. The number of halogens is 2. The van der Waals surface area contributed by atoms with E-state index in [0.29, 0.717) is 41.6 Å². The Labute approximate surface area is 158 Å². The van der Waals surface area contributed by atoms with Crippen molar-refractivity contribution in [2.24, 2.45) is 0 Å². The molecule has 9 nitrogen and oxygen atoms in total. The van der Waals surface area contributed by atoms with Crippen LogP contribution in [0.5, 0.6) is 0 Å². The number of aliphatic hydroxyl groups is 2. The van der Waals surface area contributed by atoms with Gasteiger partial charge in [0.1, 0.15) is 17.9 Å². The largest absolute Gasteiger partial charge is 0.390 e. The highest BCUT2D eigenvalue weighted by atomic mass is 35.5. The lowest BCUT2D eigenvalue weighted by Gasteiger charge is -2.17. The molecular formula is C15H16Cl2N6O3. The van der Waals surface area contributed by atoms with Crippen LogP contribution < -0.4 is 0 Å². The number of hydrogen-bond acceptors (Lipinski definition) is 8. The highest BCUT2D eigenvalue weighted by molar-refractivity contribution is 6.33. The van der Waals surface area contributed by atoms with Crippen LogP contribution >= 0.6 is 23.2 Å². The maximum atomic E-state index is 10.6. The van der Waals surface area contributed by atoms with Gasteiger partial charge in [0, 0.05) is 12.3 Å². The van der Waals surface area contributed by atoms with Gasteiger partial charge in [-0.2, -0.15) is 4.98 Å². The Balaban J connectivity index is 1.61. The Morgan fingerprint density at radius 2 is 2.08 bits per heavy atom. The van der Waals surface area contributed by atoms with E-state index in [1.54, 1.807) is 4.57 Å². The highest BCUT2D eigenvalue weighted by Gasteiger charge is 2.46. The van der Waals surface area contributed by atoms with Gasteiger partial charge in [-0.15, -0.1) is 11.6 Å². The molecule has 0 radical (unpaired) electrons. The standard InChI is InChI=1S/C15H16Cl2N6O3/c16-3-1-2-9-21-15(26-22-9)7-4-8(12(25)11(7)24)23-6-20-10-13(17)18-5-19-14(10)23/h5-8,11-12,24-25H,1-4H2/t7-,8+,11+,12-/m0/s1. The zero-order chi connectivity index (χ0) is 18.3. The Hall–Kier alpha value is -1.81. The Morgan fingerprint density at radius 1 is 1.23 bits per heavy atom. The third-order valence-electron chi connectivity index (χ3n) is 4.66. The molecule has 0 spiro atoms. The lowest BCUT2D eigenvalue weighted by Crippen LogP contribution is -2.29. The quantitative estimate of drug-likeness (QED) is 0.489. The molecule has 1 saturated carbocycles. The molecule has 0 aliphatic heterocycles. The van der Waals surface area contributed by atoms with Crippen molar-refractivity contribution in [2.75, 3.05) is 5.88 Å². The van der Waals surface area contributed by atoms with Gasteiger partial charge in [-0.1, -0.05) is 16.8 Å². The van der Waals surface area contributed by atoms with Gasteiger partial charge in [0.05, 0.1) is 24.4 Å². The third kappa shape index (κ3) is 2.94. The van der Waals surface area contributed by atoms with Crippen molar-refractivity contribution in [3.05, 3.63) is 29.5 Å². The van der Waals surface area contributed by atoms with Gasteiger partial charge in [-0.3, -0.25) is 0 Å². The number of aryl methyl sites for hydroxylation is 1. The van der Waals surface area contributed by atoms with Crippen LogP contribution in [0, 0.1) is 0 Å². The van der Waals surface area contributed by atoms with Crippen molar-refractivity contribution in [3.63, 3.8) is 0 Å². The van der Waals surface area contributed by atoms with E-state index in [4.69, 9.17) is 27.7 Å². The van der Waals surface area contributed by atoms with Gasteiger partial charge >= 0.3 is 0 Å². The molecule has 0 saturated heterocycles. The number of aromatic nitrogens is 6. The van der Waals surface area contributed by atoms with Crippen molar-refractivity contribution in [2.45, 2.75) is 43.4 Å². The molecule has 0 bridgehead atoms. The monoisotopic (exact) mass is 398 g/mol. The second kappa shape index (κ2) is 7.07. The molecule has 1 fully saturated rings. The first-order valence-electron chi connectivity index (χ1n) is 8.17. The molecule has 0 aromatic carbocycles. The van der Waals surface area contributed by atoms with Crippen LogP contribution in [0.2, 0.25) is 5.15 Å². The average Bonchev–Trinajstić information content (AvgIpc) is 3.33. The van der Waals surface area contributed by atoms with Gasteiger partial charge in [0.25, 0.3) is 0 Å². The summed E-state index contributed by atoms with van der Waals surface area (Å²) in [5, 5.41) is 25.2. The van der Waals surface area contributed by atoms with Crippen molar-refractivity contribution < 1.29 is 14.7 Å². The fraction of sp³-hybridized carbons (Fsp3) is 0.533. The number of imidazole rings is 1. The van der Waals surface area contributed by atoms with Crippen molar-refractivity contribution in [1.82, 2.24) is 29.7 Å². The first-order chi connectivity index (χ1) is 12.6. The Morgan fingerprint density at radius 3 is 2.88 bits per heavy atom. The smallest absolute Gasteiger partial charge is 0.232 e. The van der Waals surface area contributed by atoms with Gasteiger partial charge in [-0.05, 0) is 12.8 Å². The molecule has 3 heterocycles. The molecule has 26 heavy (non-hydrogen) atoms. The lowest BCUT2D eigenvalue weighted by atomic mass is 10.1. The number of hydrogen-bond donors (Lipinski definition) is 2. The van der Waals surface area contributed by atoms with E-state index in [2.05, 4.69) is 25.1 Å². The van der Waals surface area contributed by atoms with Crippen LogP contribution in [0.1, 0.15) is 36.5 Å². The minimum Gasteiger partial charge on any atom is -0.390 e. The molecule has 1 aliphatic carbocycles. The normalized spacial score (nSPS) is 26.0. The van der Waals surface area contributed by atoms with E-state index >= 15 is 0 Å². The van der Waals surface area contributed by atoms with Gasteiger partial charge in [-0.25, -0.2) is 15.0 Å². The van der Waals surface area contributed by atoms with Crippen molar-refractivity contribution in [1.29, 1.82) is 0 Å². The minimum atomic E-state index is -1.05. The van der Waals surface area contributed by atoms with Crippen molar-refractivity contribution >= 4 is 34.4 Å². The van der Waals surface area contributed by atoms with E-state index in [1.807, 2.05) is 0 Å². The Kier molecular flexibility index (Phi) is 4.78. The molecule has 0 unspecified atom stereocenters. The summed E-state index contributed by atoms with van der Waals surface area (Å²) in [5.41, 5.74) is 0.940. The molecule has 1 aliphatic rings. The van der Waals surface area contributed by atoms with Crippen LogP contribution in [-0.4, -0.2) is 58.0 Å². The molecule has 2 N–H and O–H groups in total. The fourth-order valence-electron chi connectivity index (χ4n) is 3.34. The topological polar surface area (TPSA) is 123 Å². The summed E-state index contributed by atoms with van der Waals surface area (Å²) in [4.78, 5) is 16.6. The van der Waals surface area contributed by atoms with Crippen LogP contribution in [-0.2, 0) is 6.42 Å². The molecule has 3 aromatic heterocycles. The maximum absolute atomic E-state index is 10.6. The fourth-order valence-corrected chi connectivity index (χ4v) is 3.65. The number of nitrogens with zero attached hydrogens (tertiary/aromatic N) is 6. The summed E-state index contributed by atoms with van der Waals surface area (Å²) in [7, 11) is 0. The average molecular weight is 399 g/mol. The number of fused-ring (bicyclic) bond motifs is 1. The summed E-state index contributed by atoms with van der Waals surface area (Å²) in [6.45, 7) is 0. The third-order valence-corrected chi connectivity index (χ3v) is 5.20. The zero-order valence-electron chi connectivity index (χ0n) is 13.5. The SMILES string of the molecule is O[C@@H]1[C@H](O)[C@@H](c2nc(CCCCl)no2)C[C@H]1n1cnc2c(Cl)ncnc21. The second-order valence-corrected chi connectivity index (χ2v) is 6.96. The number of rotatable bonds is 5. The minimum absolute atomic E-state index is 0.235. The van der Waals surface area contributed by atoms with E-state index in [9.17, 15) is 10.2 Å². The number of aliphatic hydroxyl groups excluding tert-OH is 2. The molecule has 4 atom stereocenters. The molecule has 0 amide bonds. The second-order valence-electron chi connectivity index (χ2n) is 6.22. The molecule has 3 aromatic rings. The van der Waals surface area contributed by atoms with Crippen LogP contribution in [0.25, 0.3) is 11.2 Å². The van der Waals surface area contributed by atoms with E-state index in [1.165, 1.54) is 12.7 Å². The summed E-state index contributed by atoms with van der Waals surface area (Å²) in [5.74, 6) is 0.871. The van der Waals surface area contributed by atoms with Gasteiger partial charge < -0.3 is 19.3 Å². The van der Waals surface area contributed by atoms with Crippen LogP contribution in [0.15, 0.2) is 17.2 Å². The van der Waals surface area contributed by atoms with Crippen molar-refractivity contribution in [3.8, 4) is 0 Å². The predicted molar refractivity (Wildman–Crippen MR) is 92.1 cm³/mol. The van der Waals surface area contributed by atoms with E-state index in [-0.39, 0.29) is 5.15 Å². The first kappa shape index (κ1) is 17.6. The maximum Gasteiger partial charge on any atom is 0.232 e. The highest BCUT2D eigenvalue weighted by Crippen LogP contribution is 2.42. The summed E-state index contributed by atoms with van der Waals surface area (Å²) in [6.07, 6.45) is 2.52. The molecular weight excluding hydrogens is 383 g/mol. The summed E-state index contributed by atoms with van der Waals surface area (Å²) < 4.78 is 6.99. The van der Waals surface area contributed by atoms with Gasteiger partial charge in [0.15, 0.2) is 16.6 Å². The van der Waals surface area contributed by atoms with Crippen LogP contribution in [0.3, 0.4) is 0 Å². The van der Waals surface area contributed by atoms with Gasteiger partial charge in [0.2, 0.25) is 5.89 Å². The zero-order valence-corrected chi connectivity index (χ0v) is 15.0. The van der Waals surface area contributed by atoms with Crippen LogP contribution in [0.4, 0.5) is 0 Å². The number of alkyl halides is 1. The Bertz CT molecular complexity index is 916. The summed E-state index contributed by atoms with van der Waals surface area (Å²) in [6, 6.07) is -0.454. The predicted octanol–water partition coefficient (Wildman–Crippen LogP) is 1.48. The first-order valence-corrected chi connectivity index (χ1v) is 9.09. The van der Waals surface area contributed by atoms with E-state index < -0.39 is 24.2 Å². The summed E-state index contributed by atoms with van der Waals surface area (Å²) >= 11 is 11.7. The molecule has 4 rings (SSSR count). The van der Waals surface area contributed by atoms with E-state index in [0.717, 1.165) is 6.42 Å².